The number of rotatable bonds is 3. The van der Waals surface area contributed by atoms with Gasteiger partial charge in [-0.15, -0.1) is 11.3 Å². The summed E-state index contributed by atoms with van der Waals surface area (Å²) in [4.78, 5) is 31.0. The number of carbonyl (C=O) groups is 1. The van der Waals surface area contributed by atoms with Crippen LogP contribution in [0.3, 0.4) is 0 Å². The van der Waals surface area contributed by atoms with E-state index < -0.39 is 0 Å². The van der Waals surface area contributed by atoms with Crippen LogP contribution in [-0.2, 0) is 4.79 Å². The van der Waals surface area contributed by atoms with Crippen LogP contribution < -0.4 is 10.2 Å². The molecule has 0 aliphatic carbocycles. The standard InChI is InChI=1S/C23H23N5OS/c1-14-15(2)30-23-20(14)21(24-13-25-23)28-11-9-17(10-12-28)22(29)27-19-8-7-16-5-3-4-6-18(16)26-19/h3-8,13,17H,9-12H2,1-2H3,(H,26,27,29). The van der Waals surface area contributed by atoms with E-state index in [-0.39, 0.29) is 11.8 Å². The number of anilines is 2. The summed E-state index contributed by atoms with van der Waals surface area (Å²) in [6, 6.07) is 11.8. The SMILES string of the molecule is Cc1sc2ncnc(N3CCC(C(=O)Nc4ccc5ccccc5n4)CC3)c2c1C. The van der Waals surface area contributed by atoms with Crippen molar-refractivity contribution in [2.45, 2.75) is 26.7 Å². The van der Waals surface area contributed by atoms with E-state index >= 15 is 0 Å². The minimum absolute atomic E-state index is 0.0165. The third-order valence-electron chi connectivity index (χ3n) is 5.96. The van der Waals surface area contributed by atoms with Crippen LogP contribution in [-0.4, -0.2) is 33.9 Å². The highest BCUT2D eigenvalue weighted by Crippen LogP contribution is 2.35. The third-order valence-corrected chi connectivity index (χ3v) is 7.08. The average Bonchev–Trinajstić information content (AvgIpc) is 3.07. The number of nitrogens with zero attached hydrogens (tertiary/aromatic N) is 4. The number of para-hydroxylation sites is 1. The van der Waals surface area contributed by atoms with Crippen molar-refractivity contribution in [1.82, 2.24) is 15.0 Å². The first-order valence-corrected chi connectivity index (χ1v) is 11.0. The average molecular weight is 418 g/mol. The Bertz CT molecular complexity index is 1240. The zero-order valence-corrected chi connectivity index (χ0v) is 17.9. The van der Waals surface area contributed by atoms with Gasteiger partial charge in [0.2, 0.25) is 5.91 Å². The lowest BCUT2D eigenvalue weighted by molar-refractivity contribution is -0.120. The summed E-state index contributed by atoms with van der Waals surface area (Å²) in [5, 5.41) is 5.23. The molecule has 1 fully saturated rings. The molecule has 4 aromatic rings. The first kappa shape index (κ1) is 18.9. The topological polar surface area (TPSA) is 71.0 Å². The molecule has 0 bridgehead atoms. The molecule has 0 saturated carbocycles. The predicted molar refractivity (Wildman–Crippen MR) is 122 cm³/mol. The van der Waals surface area contributed by atoms with Gasteiger partial charge in [0.25, 0.3) is 0 Å². The highest BCUT2D eigenvalue weighted by molar-refractivity contribution is 7.18. The van der Waals surface area contributed by atoms with Gasteiger partial charge in [-0.1, -0.05) is 18.2 Å². The summed E-state index contributed by atoms with van der Waals surface area (Å²) in [7, 11) is 0. The summed E-state index contributed by atoms with van der Waals surface area (Å²) < 4.78 is 0. The molecule has 7 heteroatoms. The fraction of sp³-hybridized carbons (Fsp3) is 0.304. The van der Waals surface area contributed by atoms with Gasteiger partial charge in [0.15, 0.2) is 0 Å². The molecule has 6 nitrogen and oxygen atoms in total. The molecule has 30 heavy (non-hydrogen) atoms. The van der Waals surface area contributed by atoms with Crippen LogP contribution in [0.1, 0.15) is 23.3 Å². The summed E-state index contributed by atoms with van der Waals surface area (Å²) in [6.07, 6.45) is 3.25. The van der Waals surface area contributed by atoms with E-state index in [1.807, 2.05) is 36.4 Å². The van der Waals surface area contributed by atoms with E-state index in [0.717, 1.165) is 52.9 Å². The van der Waals surface area contributed by atoms with Crippen molar-refractivity contribution in [2.24, 2.45) is 5.92 Å². The zero-order valence-electron chi connectivity index (χ0n) is 17.1. The normalized spacial score (nSPS) is 15.1. The van der Waals surface area contributed by atoms with E-state index in [2.05, 4.69) is 39.0 Å². The molecule has 0 spiro atoms. The number of amides is 1. The number of fused-ring (bicyclic) bond motifs is 2. The quantitative estimate of drug-likeness (QED) is 0.523. The minimum Gasteiger partial charge on any atom is -0.356 e. The lowest BCUT2D eigenvalue weighted by Gasteiger charge is -2.32. The second-order valence-corrected chi connectivity index (χ2v) is 9.00. The van der Waals surface area contributed by atoms with Crippen LogP contribution >= 0.6 is 11.3 Å². The van der Waals surface area contributed by atoms with Gasteiger partial charge in [0.1, 0.15) is 22.8 Å². The number of carbonyl (C=O) groups excluding carboxylic acids is 1. The highest BCUT2D eigenvalue weighted by Gasteiger charge is 2.27. The first-order valence-electron chi connectivity index (χ1n) is 10.2. The van der Waals surface area contributed by atoms with Crippen molar-refractivity contribution in [3.8, 4) is 0 Å². The molecule has 0 atom stereocenters. The van der Waals surface area contributed by atoms with E-state index in [9.17, 15) is 4.79 Å². The number of pyridine rings is 1. The molecule has 1 N–H and O–H groups in total. The Morgan fingerprint density at radius 3 is 2.73 bits per heavy atom. The number of aryl methyl sites for hydroxylation is 2. The monoisotopic (exact) mass is 417 g/mol. The van der Waals surface area contributed by atoms with Crippen molar-refractivity contribution in [2.75, 3.05) is 23.3 Å². The molecule has 152 valence electrons. The molecule has 0 unspecified atom stereocenters. The molecule has 1 amide bonds. The number of hydrogen-bond acceptors (Lipinski definition) is 6. The second kappa shape index (κ2) is 7.65. The van der Waals surface area contributed by atoms with Crippen molar-refractivity contribution in [3.05, 3.63) is 53.2 Å². The molecule has 1 aromatic carbocycles. The molecule has 3 aromatic heterocycles. The number of aromatic nitrogens is 3. The van der Waals surface area contributed by atoms with Crippen LogP contribution in [0.25, 0.3) is 21.1 Å². The maximum atomic E-state index is 12.8. The Kier molecular flexibility index (Phi) is 4.83. The highest BCUT2D eigenvalue weighted by atomic mass is 32.1. The fourth-order valence-corrected chi connectivity index (χ4v) is 5.11. The Balaban J connectivity index is 1.28. The molecular weight excluding hydrogens is 394 g/mol. The summed E-state index contributed by atoms with van der Waals surface area (Å²) in [6.45, 7) is 5.88. The van der Waals surface area contributed by atoms with Gasteiger partial charge in [-0.2, -0.15) is 0 Å². The Morgan fingerprint density at radius 2 is 1.90 bits per heavy atom. The number of hydrogen-bond donors (Lipinski definition) is 1. The van der Waals surface area contributed by atoms with E-state index in [4.69, 9.17) is 0 Å². The van der Waals surface area contributed by atoms with Crippen LogP contribution in [0, 0.1) is 19.8 Å². The number of piperidine rings is 1. The minimum atomic E-state index is -0.0165. The van der Waals surface area contributed by atoms with Gasteiger partial charge in [0.05, 0.1) is 10.9 Å². The lowest BCUT2D eigenvalue weighted by Crippen LogP contribution is -2.38. The smallest absolute Gasteiger partial charge is 0.228 e. The van der Waals surface area contributed by atoms with Crippen LogP contribution in [0.4, 0.5) is 11.6 Å². The second-order valence-electron chi connectivity index (χ2n) is 7.80. The number of benzene rings is 1. The van der Waals surface area contributed by atoms with Gasteiger partial charge in [-0.05, 0) is 50.5 Å². The molecular formula is C23H23N5OS. The van der Waals surface area contributed by atoms with Crippen molar-refractivity contribution in [3.63, 3.8) is 0 Å². The summed E-state index contributed by atoms with van der Waals surface area (Å²) >= 11 is 1.72. The van der Waals surface area contributed by atoms with E-state index in [1.165, 1.54) is 10.4 Å². The molecule has 0 radical (unpaired) electrons. The Morgan fingerprint density at radius 1 is 1.10 bits per heavy atom. The molecule has 4 heterocycles. The lowest BCUT2D eigenvalue weighted by atomic mass is 9.95. The van der Waals surface area contributed by atoms with Gasteiger partial charge in [0, 0.05) is 29.3 Å². The zero-order chi connectivity index (χ0) is 20.7. The largest absolute Gasteiger partial charge is 0.356 e. The molecule has 1 aliphatic rings. The van der Waals surface area contributed by atoms with Gasteiger partial charge < -0.3 is 10.2 Å². The predicted octanol–water partition coefficient (Wildman–Crippen LogP) is 4.71. The molecule has 5 rings (SSSR count). The Labute approximate surface area is 179 Å². The van der Waals surface area contributed by atoms with Gasteiger partial charge in [-0.25, -0.2) is 15.0 Å². The fourth-order valence-electron chi connectivity index (χ4n) is 4.12. The number of nitrogens with one attached hydrogen (secondary N) is 1. The van der Waals surface area contributed by atoms with E-state index in [1.54, 1.807) is 17.7 Å². The van der Waals surface area contributed by atoms with Crippen LogP contribution in [0.5, 0.6) is 0 Å². The molecule has 1 aliphatic heterocycles. The van der Waals surface area contributed by atoms with Crippen LogP contribution in [0.2, 0.25) is 0 Å². The Hall–Kier alpha value is -3.06. The first-order chi connectivity index (χ1) is 14.6. The maximum Gasteiger partial charge on any atom is 0.228 e. The van der Waals surface area contributed by atoms with E-state index in [0.29, 0.717) is 5.82 Å². The number of thiophene rings is 1. The van der Waals surface area contributed by atoms with Gasteiger partial charge >= 0.3 is 0 Å². The van der Waals surface area contributed by atoms with Gasteiger partial charge in [-0.3, -0.25) is 4.79 Å². The summed E-state index contributed by atoms with van der Waals surface area (Å²) in [5.74, 6) is 1.64. The summed E-state index contributed by atoms with van der Waals surface area (Å²) in [5.41, 5.74) is 2.15. The van der Waals surface area contributed by atoms with Crippen molar-refractivity contribution >= 4 is 50.0 Å². The third kappa shape index (κ3) is 3.39. The van der Waals surface area contributed by atoms with Crippen molar-refractivity contribution in [1.29, 1.82) is 0 Å². The van der Waals surface area contributed by atoms with Crippen LogP contribution in [0.15, 0.2) is 42.7 Å². The molecule has 1 saturated heterocycles. The maximum absolute atomic E-state index is 12.8. The van der Waals surface area contributed by atoms with Crippen molar-refractivity contribution < 1.29 is 4.79 Å².